The van der Waals surface area contributed by atoms with E-state index in [2.05, 4.69) is 20.3 Å². The lowest BCUT2D eigenvalue weighted by Gasteiger charge is -2.39. The van der Waals surface area contributed by atoms with Gasteiger partial charge in [-0.25, -0.2) is 14.8 Å². The maximum atomic E-state index is 13.7. The average molecular weight is 685 g/mol. The molecule has 0 radical (unpaired) electrons. The summed E-state index contributed by atoms with van der Waals surface area (Å²) in [6, 6.07) is 3.52. The summed E-state index contributed by atoms with van der Waals surface area (Å²) in [5.41, 5.74) is -3.15. The third-order valence-corrected chi connectivity index (χ3v) is 8.11. The average Bonchev–Trinajstić information content (AvgIpc) is 3.03. The minimum absolute atomic E-state index is 0.0126. The number of rotatable bonds is 8. The molecule has 260 valence electrons. The number of amides is 1. The predicted octanol–water partition coefficient (Wildman–Crippen LogP) is 5.94. The quantitative estimate of drug-likeness (QED) is 0.278. The van der Waals surface area contributed by atoms with E-state index in [4.69, 9.17) is 14.2 Å². The summed E-state index contributed by atoms with van der Waals surface area (Å²) in [4.78, 5) is 41.5. The van der Waals surface area contributed by atoms with Gasteiger partial charge < -0.3 is 24.4 Å². The molecule has 1 fully saturated rings. The number of benzene rings is 1. The van der Waals surface area contributed by atoms with Crippen LogP contribution in [0.5, 0.6) is 5.88 Å². The Bertz CT molecular complexity index is 1660. The van der Waals surface area contributed by atoms with Crippen LogP contribution >= 0.6 is 0 Å². The van der Waals surface area contributed by atoms with Gasteiger partial charge in [0.1, 0.15) is 5.69 Å². The molecule has 17 heteroatoms. The third-order valence-electron chi connectivity index (χ3n) is 8.11. The van der Waals surface area contributed by atoms with Crippen molar-refractivity contribution in [3.8, 4) is 5.88 Å². The van der Waals surface area contributed by atoms with Crippen LogP contribution in [0.2, 0.25) is 0 Å². The number of alkyl halides is 6. The molecule has 48 heavy (non-hydrogen) atoms. The molecule has 3 aromatic rings. The van der Waals surface area contributed by atoms with E-state index in [9.17, 15) is 35.9 Å². The number of carbonyl (C=O) groups excluding carboxylic acids is 1. The zero-order chi connectivity index (χ0) is 34.8. The zero-order valence-electron chi connectivity index (χ0n) is 26.3. The monoisotopic (exact) mass is 684 g/mol. The molecule has 0 unspecified atom stereocenters. The number of hydrogen-bond acceptors (Lipinski definition) is 9. The van der Waals surface area contributed by atoms with Crippen molar-refractivity contribution < 1.29 is 45.3 Å². The van der Waals surface area contributed by atoms with Crippen LogP contribution < -0.4 is 25.4 Å². The van der Waals surface area contributed by atoms with Gasteiger partial charge in [0.2, 0.25) is 11.8 Å². The van der Waals surface area contributed by atoms with Crippen molar-refractivity contribution in [1.82, 2.24) is 15.0 Å². The highest BCUT2D eigenvalue weighted by Gasteiger charge is 2.39. The lowest BCUT2D eigenvalue weighted by molar-refractivity contribution is -0.143. The van der Waals surface area contributed by atoms with Crippen molar-refractivity contribution in [3.63, 3.8) is 0 Å². The van der Waals surface area contributed by atoms with Gasteiger partial charge in [0.05, 0.1) is 61.2 Å². The number of morpholine rings is 1. The number of hydrogen-bond donors (Lipinski definition) is 2. The fourth-order valence-corrected chi connectivity index (χ4v) is 5.92. The Balaban J connectivity index is 1.59. The van der Waals surface area contributed by atoms with Crippen molar-refractivity contribution in [1.29, 1.82) is 0 Å². The van der Waals surface area contributed by atoms with E-state index in [0.717, 1.165) is 0 Å². The van der Waals surface area contributed by atoms with Crippen LogP contribution in [-0.4, -0.2) is 67.1 Å². The molecule has 0 saturated carbocycles. The fraction of sp³-hybridized carbons (Fsp3) is 0.484. The maximum absolute atomic E-state index is 13.7. The summed E-state index contributed by atoms with van der Waals surface area (Å²) in [6.07, 6.45) is -10.4. The van der Waals surface area contributed by atoms with Gasteiger partial charge in [-0.3, -0.25) is 14.7 Å². The largest absolute Gasteiger partial charge is 0.481 e. The zero-order valence-corrected chi connectivity index (χ0v) is 26.3. The minimum atomic E-state index is -5.05. The van der Waals surface area contributed by atoms with Gasteiger partial charge in [0.25, 0.3) is 5.56 Å². The van der Waals surface area contributed by atoms with E-state index in [1.54, 1.807) is 24.0 Å². The van der Waals surface area contributed by atoms with Gasteiger partial charge in [-0.05, 0) is 49.6 Å². The van der Waals surface area contributed by atoms with Gasteiger partial charge in [0, 0.05) is 31.6 Å². The fourth-order valence-electron chi connectivity index (χ4n) is 5.92. The molecule has 1 aromatic carbocycles. The summed E-state index contributed by atoms with van der Waals surface area (Å²) in [5.74, 6) is 0.157. The number of nitrogens with one attached hydrogen (secondary N) is 2. The van der Waals surface area contributed by atoms with Crippen molar-refractivity contribution in [2.45, 2.75) is 57.5 Å². The second kappa shape index (κ2) is 13.9. The van der Waals surface area contributed by atoms with E-state index in [1.165, 1.54) is 12.0 Å². The maximum Gasteiger partial charge on any atom is 0.416 e. The van der Waals surface area contributed by atoms with Crippen molar-refractivity contribution in [2.24, 2.45) is 0 Å². The van der Waals surface area contributed by atoms with Gasteiger partial charge in [-0.15, -0.1) is 0 Å². The first-order valence-electron chi connectivity index (χ1n) is 15.2. The molecule has 2 aromatic heterocycles. The second-order valence-electron chi connectivity index (χ2n) is 11.2. The SMILES string of the molecule is CCOC(=O)N1c2ccc(OC)nc2[C@@H](Nc2nc(Cc3cc(C(F)(F)F)cc(C(F)(F)F)c3)c(N3CCOCC3)c(=O)[nH]2)C[C@H]1CC. The lowest BCUT2D eigenvalue weighted by Crippen LogP contribution is -2.46. The van der Waals surface area contributed by atoms with Crippen LogP contribution in [0.25, 0.3) is 0 Å². The highest BCUT2D eigenvalue weighted by atomic mass is 19.4. The number of H-pyrrole nitrogens is 1. The van der Waals surface area contributed by atoms with Gasteiger partial charge >= 0.3 is 18.4 Å². The number of halogens is 6. The van der Waals surface area contributed by atoms with Crippen molar-refractivity contribution in [2.75, 3.05) is 55.1 Å². The summed E-state index contributed by atoms with van der Waals surface area (Å²) >= 11 is 0. The van der Waals surface area contributed by atoms with Crippen LogP contribution in [0.1, 0.15) is 60.8 Å². The van der Waals surface area contributed by atoms with Crippen LogP contribution in [0.15, 0.2) is 35.1 Å². The first-order valence-corrected chi connectivity index (χ1v) is 15.2. The van der Waals surface area contributed by atoms with Gasteiger partial charge in [0.15, 0.2) is 0 Å². The second-order valence-corrected chi connectivity index (χ2v) is 11.2. The van der Waals surface area contributed by atoms with E-state index in [1.807, 2.05) is 6.92 Å². The highest BCUT2D eigenvalue weighted by Crippen LogP contribution is 2.41. The van der Waals surface area contributed by atoms with E-state index in [0.29, 0.717) is 29.9 Å². The number of aromatic amines is 1. The summed E-state index contributed by atoms with van der Waals surface area (Å²) in [7, 11) is 1.42. The number of anilines is 3. The van der Waals surface area contributed by atoms with Crippen molar-refractivity contribution >= 4 is 23.4 Å². The number of carbonyl (C=O) groups is 1. The number of pyridine rings is 1. The molecule has 0 bridgehead atoms. The normalized spacial score (nSPS) is 18.4. The third kappa shape index (κ3) is 7.45. The van der Waals surface area contributed by atoms with Gasteiger partial charge in [-0.1, -0.05) is 6.92 Å². The van der Waals surface area contributed by atoms with Crippen LogP contribution in [0, 0.1) is 0 Å². The van der Waals surface area contributed by atoms with Crippen LogP contribution in [0.3, 0.4) is 0 Å². The number of nitrogens with zero attached hydrogens (tertiary/aromatic N) is 4. The molecule has 1 amide bonds. The Hall–Kier alpha value is -4.54. The first kappa shape index (κ1) is 34.8. The molecule has 0 aliphatic carbocycles. The summed E-state index contributed by atoms with van der Waals surface area (Å²) < 4.78 is 98.0. The van der Waals surface area contributed by atoms with Gasteiger partial charge in [-0.2, -0.15) is 26.3 Å². The molecule has 2 atom stereocenters. The molecular formula is C31H34F6N6O5. The standard InChI is InChI=1S/C31H34F6N6O5/c1-4-20-16-21(25-23(6-7-24(40-25)46-3)43(20)29(45)48-5-2)38-28-39-22(26(27(44)41-28)42-8-10-47-11-9-42)14-17-12-18(30(32,33)34)15-19(13-17)31(35,36)37/h6-7,12-13,15,20-21H,4-5,8-11,14,16H2,1-3H3,(H2,38,39,41,44)/t20-,21+/m1/s1. The van der Waals surface area contributed by atoms with Crippen LogP contribution in [-0.2, 0) is 28.2 Å². The lowest BCUT2D eigenvalue weighted by atomic mass is 9.93. The summed E-state index contributed by atoms with van der Waals surface area (Å²) in [5, 5.41) is 3.15. The Morgan fingerprint density at radius 3 is 2.29 bits per heavy atom. The molecule has 2 aliphatic rings. The predicted molar refractivity (Wildman–Crippen MR) is 162 cm³/mol. The Labute approximate surface area is 271 Å². The number of fused-ring (bicyclic) bond motifs is 1. The summed E-state index contributed by atoms with van der Waals surface area (Å²) in [6.45, 7) is 4.72. The Kier molecular flexibility index (Phi) is 10.1. The highest BCUT2D eigenvalue weighted by molar-refractivity contribution is 5.90. The number of aromatic nitrogens is 3. The Morgan fingerprint density at radius 2 is 1.71 bits per heavy atom. The molecule has 2 N–H and O–H groups in total. The molecule has 0 spiro atoms. The Morgan fingerprint density at radius 1 is 1.04 bits per heavy atom. The minimum Gasteiger partial charge on any atom is -0.481 e. The van der Waals surface area contributed by atoms with E-state index >= 15 is 0 Å². The van der Waals surface area contributed by atoms with Crippen molar-refractivity contribution in [3.05, 3.63) is 68.8 Å². The van der Waals surface area contributed by atoms with E-state index in [-0.39, 0.29) is 80.2 Å². The van der Waals surface area contributed by atoms with Crippen LogP contribution in [0.4, 0.5) is 48.5 Å². The molecule has 5 rings (SSSR count). The smallest absolute Gasteiger partial charge is 0.416 e. The van der Waals surface area contributed by atoms with E-state index < -0.39 is 47.6 Å². The number of methoxy groups -OCH3 is 1. The number of ether oxygens (including phenoxy) is 3. The molecular weight excluding hydrogens is 650 g/mol. The molecule has 11 nitrogen and oxygen atoms in total. The molecule has 2 aliphatic heterocycles. The first-order chi connectivity index (χ1) is 22.7. The topological polar surface area (TPSA) is 122 Å². The molecule has 4 heterocycles. The molecule has 1 saturated heterocycles.